The summed E-state index contributed by atoms with van der Waals surface area (Å²) in [6.07, 6.45) is 0.680. The van der Waals surface area contributed by atoms with Gasteiger partial charge in [-0.05, 0) is 41.8 Å². The van der Waals surface area contributed by atoms with Gasteiger partial charge in [-0.1, -0.05) is 91.0 Å². The number of nitrogens with one attached hydrogen (secondary N) is 3. The van der Waals surface area contributed by atoms with E-state index < -0.39 is 18.0 Å². The molecule has 3 N–H and O–H groups in total. The van der Waals surface area contributed by atoms with Crippen LogP contribution in [0.1, 0.15) is 27.7 Å². The fraction of sp³-hybridized carbons (Fsp3) is 0.171. The first kappa shape index (κ1) is 27.8. The van der Waals surface area contributed by atoms with Gasteiger partial charge in [0.25, 0.3) is 11.8 Å². The van der Waals surface area contributed by atoms with E-state index in [9.17, 15) is 14.4 Å². The van der Waals surface area contributed by atoms with Crippen LogP contribution in [-0.4, -0.2) is 48.9 Å². The zero-order valence-electron chi connectivity index (χ0n) is 23.9. The van der Waals surface area contributed by atoms with Crippen LogP contribution in [0.15, 0.2) is 115 Å². The van der Waals surface area contributed by atoms with Crippen molar-refractivity contribution in [3.63, 3.8) is 0 Å². The summed E-state index contributed by atoms with van der Waals surface area (Å²) in [6.45, 7) is 0.262. The largest absolute Gasteiger partial charge is 0.363 e. The summed E-state index contributed by atoms with van der Waals surface area (Å²) in [5.74, 6) is -1.05. The minimum Gasteiger partial charge on any atom is -0.363 e. The molecule has 0 aliphatic carbocycles. The van der Waals surface area contributed by atoms with Gasteiger partial charge in [-0.3, -0.25) is 19.3 Å². The fourth-order valence-corrected chi connectivity index (χ4v) is 5.76. The summed E-state index contributed by atoms with van der Waals surface area (Å²) >= 11 is 0. The van der Waals surface area contributed by atoms with Crippen molar-refractivity contribution in [2.24, 2.45) is 0 Å². The molecule has 4 aromatic carbocycles. The first-order valence-corrected chi connectivity index (χ1v) is 14.4. The lowest BCUT2D eigenvalue weighted by Crippen LogP contribution is -2.54. The molecule has 0 unspecified atom stereocenters. The van der Waals surface area contributed by atoms with Crippen molar-refractivity contribution in [3.05, 3.63) is 132 Å². The molecule has 1 aliphatic rings. The lowest BCUT2D eigenvalue weighted by atomic mass is 9.96. The quantitative estimate of drug-likeness (QED) is 0.248. The van der Waals surface area contributed by atoms with E-state index in [1.807, 2.05) is 121 Å². The number of fused-ring (bicyclic) bond motifs is 2. The SMILES string of the molecule is CN1c2ccccc2N(CC(=O)NCCc2ccccc2)C(=O)[C@H](NC(=O)c2cc3ccccc3[nH]2)[C@@H]1c1ccccc1. The minimum absolute atomic E-state index is 0.182. The van der Waals surface area contributed by atoms with Crippen LogP contribution in [0.3, 0.4) is 0 Å². The Balaban J connectivity index is 1.32. The van der Waals surface area contributed by atoms with Gasteiger partial charge in [0.2, 0.25) is 5.91 Å². The molecule has 0 saturated heterocycles. The molecule has 8 nitrogen and oxygen atoms in total. The number of amides is 3. The molecular formula is C35H33N5O3. The molecular weight excluding hydrogens is 538 g/mol. The number of hydrogen-bond acceptors (Lipinski definition) is 4. The number of carbonyl (C=O) groups is 3. The molecule has 216 valence electrons. The number of hydrogen-bond donors (Lipinski definition) is 3. The second kappa shape index (κ2) is 12.2. The van der Waals surface area contributed by atoms with E-state index in [4.69, 9.17) is 0 Å². The molecule has 2 atom stereocenters. The van der Waals surface area contributed by atoms with E-state index in [1.165, 1.54) is 4.90 Å². The zero-order valence-corrected chi connectivity index (χ0v) is 23.9. The number of anilines is 2. The summed E-state index contributed by atoms with van der Waals surface area (Å²) in [4.78, 5) is 48.1. The average Bonchev–Trinajstić information content (AvgIpc) is 3.46. The molecule has 0 radical (unpaired) electrons. The van der Waals surface area contributed by atoms with Crippen molar-refractivity contribution in [2.75, 3.05) is 29.9 Å². The molecule has 0 fully saturated rings. The molecule has 0 spiro atoms. The summed E-state index contributed by atoms with van der Waals surface area (Å²) in [7, 11) is 1.91. The van der Waals surface area contributed by atoms with Crippen LogP contribution < -0.4 is 20.4 Å². The number of H-pyrrole nitrogens is 1. The summed E-state index contributed by atoms with van der Waals surface area (Å²) in [5, 5.41) is 6.90. The van der Waals surface area contributed by atoms with Gasteiger partial charge in [0, 0.05) is 24.5 Å². The predicted molar refractivity (Wildman–Crippen MR) is 169 cm³/mol. The van der Waals surface area contributed by atoms with Crippen molar-refractivity contribution in [1.29, 1.82) is 0 Å². The number of carbonyl (C=O) groups excluding carboxylic acids is 3. The van der Waals surface area contributed by atoms with Crippen LogP contribution in [0.4, 0.5) is 11.4 Å². The van der Waals surface area contributed by atoms with Gasteiger partial charge < -0.3 is 20.5 Å². The maximum absolute atomic E-state index is 14.5. The second-order valence-electron chi connectivity index (χ2n) is 10.7. The Hall–Kier alpha value is -5.37. The monoisotopic (exact) mass is 571 g/mol. The Morgan fingerprint density at radius 3 is 2.21 bits per heavy atom. The van der Waals surface area contributed by atoms with Crippen molar-refractivity contribution in [1.82, 2.24) is 15.6 Å². The van der Waals surface area contributed by atoms with Crippen LogP contribution in [-0.2, 0) is 16.0 Å². The van der Waals surface area contributed by atoms with E-state index in [1.54, 1.807) is 6.07 Å². The minimum atomic E-state index is -0.990. The zero-order chi connectivity index (χ0) is 29.8. The molecule has 1 aromatic heterocycles. The third kappa shape index (κ3) is 5.85. The van der Waals surface area contributed by atoms with Crippen molar-refractivity contribution < 1.29 is 14.4 Å². The number of rotatable bonds is 8. The second-order valence-corrected chi connectivity index (χ2v) is 10.7. The van der Waals surface area contributed by atoms with Gasteiger partial charge in [0.05, 0.1) is 17.4 Å². The highest BCUT2D eigenvalue weighted by atomic mass is 16.2. The smallest absolute Gasteiger partial charge is 0.268 e. The summed E-state index contributed by atoms with van der Waals surface area (Å²) in [5.41, 5.74) is 4.56. The van der Waals surface area contributed by atoms with Crippen LogP contribution in [0.25, 0.3) is 10.9 Å². The van der Waals surface area contributed by atoms with Gasteiger partial charge in [-0.15, -0.1) is 0 Å². The molecule has 0 saturated carbocycles. The number of para-hydroxylation sites is 3. The molecule has 3 amide bonds. The van der Waals surface area contributed by atoms with Crippen LogP contribution in [0, 0.1) is 0 Å². The highest BCUT2D eigenvalue weighted by Gasteiger charge is 2.42. The molecule has 8 heteroatoms. The Labute approximate surface area is 250 Å². The lowest BCUT2D eigenvalue weighted by Gasteiger charge is -2.33. The predicted octanol–water partition coefficient (Wildman–Crippen LogP) is 4.85. The van der Waals surface area contributed by atoms with E-state index >= 15 is 0 Å². The third-order valence-corrected chi connectivity index (χ3v) is 7.90. The van der Waals surface area contributed by atoms with E-state index in [-0.39, 0.29) is 18.4 Å². The molecule has 2 heterocycles. The molecule has 6 rings (SSSR count). The highest BCUT2D eigenvalue weighted by Crippen LogP contribution is 2.39. The first-order chi connectivity index (χ1) is 21.0. The number of likely N-dealkylation sites (N-methyl/N-ethyl adjacent to an activating group) is 1. The normalized spacial score (nSPS) is 16.4. The van der Waals surface area contributed by atoms with Crippen LogP contribution in [0.5, 0.6) is 0 Å². The maximum atomic E-state index is 14.5. The third-order valence-electron chi connectivity index (χ3n) is 7.90. The van der Waals surface area contributed by atoms with Gasteiger partial charge in [0.15, 0.2) is 0 Å². The molecule has 43 heavy (non-hydrogen) atoms. The van der Waals surface area contributed by atoms with Gasteiger partial charge in [-0.25, -0.2) is 0 Å². The summed E-state index contributed by atoms with van der Waals surface area (Å²) in [6, 6.07) is 35.0. The Morgan fingerprint density at radius 1 is 0.814 bits per heavy atom. The topological polar surface area (TPSA) is 97.5 Å². The van der Waals surface area contributed by atoms with Gasteiger partial charge >= 0.3 is 0 Å². The number of benzene rings is 4. The number of aromatic nitrogens is 1. The van der Waals surface area contributed by atoms with Gasteiger partial charge in [0.1, 0.15) is 18.3 Å². The Bertz CT molecular complexity index is 1720. The summed E-state index contributed by atoms with van der Waals surface area (Å²) < 4.78 is 0. The van der Waals surface area contributed by atoms with E-state index in [2.05, 4.69) is 15.6 Å². The van der Waals surface area contributed by atoms with Crippen molar-refractivity contribution in [2.45, 2.75) is 18.5 Å². The maximum Gasteiger partial charge on any atom is 0.268 e. The van der Waals surface area contributed by atoms with Crippen molar-refractivity contribution >= 4 is 40.0 Å². The molecule has 0 bridgehead atoms. The molecule has 1 aliphatic heterocycles. The van der Waals surface area contributed by atoms with E-state index in [0.29, 0.717) is 24.3 Å². The first-order valence-electron chi connectivity index (χ1n) is 14.4. The fourth-order valence-electron chi connectivity index (χ4n) is 5.76. The Morgan fingerprint density at radius 2 is 1.47 bits per heavy atom. The average molecular weight is 572 g/mol. The lowest BCUT2D eigenvalue weighted by molar-refractivity contribution is -0.125. The number of aromatic amines is 1. The van der Waals surface area contributed by atoms with Crippen LogP contribution in [0.2, 0.25) is 0 Å². The number of nitrogens with zero attached hydrogens (tertiary/aromatic N) is 2. The highest BCUT2D eigenvalue weighted by molar-refractivity contribution is 6.08. The van der Waals surface area contributed by atoms with Gasteiger partial charge in [-0.2, -0.15) is 0 Å². The molecule has 5 aromatic rings. The van der Waals surface area contributed by atoms with Crippen LogP contribution >= 0.6 is 0 Å². The van der Waals surface area contributed by atoms with E-state index in [0.717, 1.165) is 27.7 Å². The Kier molecular flexibility index (Phi) is 7.91. The van der Waals surface area contributed by atoms with Crippen molar-refractivity contribution in [3.8, 4) is 0 Å². The standard InChI is InChI=1S/C35H33N5O3/c1-39-29-18-10-11-19-30(29)40(23-31(41)36-21-20-24-12-4-2-5-13-24)35(43)32(33(39)25-14-6-3-7-15-25)38-34(42)28-22-26-16-8-9-17-27(26)37-28/h2-19,22,32-33,37H,20-21,23H2,1H3,(H,36,41)(H,38,42)/t32-,33+/m1/s1.